The van der Waals surface area contributed by atoms with Crippen molar-refractivity contribution in [1.82, 2.24) is 0 Å². The Hall–Kier alpha value is -2.49. The van der Waals surface area contributed by atoms with Crippen molar-refractivity contribution in [2.24, 2.45) is 0 Å². The Bertz CT molecular complexity index is 552. The maximum atomic E-state index is 12.0. The van der Waals surface area contributed by atoms with Gasteiger partial charge in [-0.15, -0.1) is 0 Å². The summed E-state index contributed by atoms with van der Waals surface area (Å²) in [6.07, 6.45) is 0. The number of methoxy groups -OCH3 is 2. The highest BCUT2D eigenvalue weighted by molar-refractivity contribution is 5.81. The van der Waals surface area contributed by atoms with Crippen LogP contribution in [0.25, 0.3) is 0 Å². The van der Waals surface area contributed by atoms with Crippen molar-refractivity contribution in [3.8, 4) is 5.75 Å². The van der Waals surface area contributed by atoms with Gasteiger partial charge in [0.15, 0.2) is 6.04 Å². The van der Waals surface area contributed by atoms with Crippen LogP contribution in [0.2, 0.25) is 0 Å². The Morgan fingerprint density at radius 2 is 1.65 bits per heavy atom. The van der Waals surface area contributed by atoms with Gasteiger partial charge < -0.3 is 14.8 Å². The molecule has 4 nitrogen and oxygen atoms in total. The van der Waals surface area contributed by atoms with E-state index in [0.717, 1.165) is 17.0 Å². The third-order valence-corrected chi connectivity index (χ3v) is 2.97. The van der Waals surface area contributed by atoms with E-state index in [1.807, 2.05) is 54.6 Å². The van der Waals surface area contributed by atoms with Crippen LogP contribution >= 0.6 is 0 Å². The van der Waals surface area contributed by atoms with Crippen LogP contribution in [-0.4, -0.2) is 20.2 Å². The zero-order valence-electron chi connectivity index (χ0n) is 11.5. The smallest absolute Gasteiger partial charge is 0.332 e. The fourth-order valence-corrected chi connectivity index (χ4v) is 1.89. The van der Waals surface area contributed by atoms with E-state index in [9.17, 15) is 4.79 Å². The van der Waals surface area contributed by atoms with Crippen LogP contribution < -0.4 is 10.1 Å². The number of ether oxygens (including phenoxy) is 2. The Morgan fingerprint density at radius 1 is 1.00 bits per heavy atom. The van der Waals surface area contributed by atoms with Gasteiger partial charge in [0.1, 0.15) is 5.75 Å². The molecule has 0 amide bonds. The summed E-state index contributed by atoms with van der Waals surface area (Å²) < 4.78 is 9.98. The van der Waals surface area contributed by atoms with Gasteiger partial charge in [0.05, 0.1) is 14.2 Å². The molecule has 1 N–H and O–H groups in total. The van der Waals surface area contributed by atoms with E-state index in [2.05, 4.69) is 5.32 Å². The number of rotatable bonds is 5. The van der Waals surface area contributed by atoms with E-state index in [-0.39, 0.29) is 5.97 Å². The lowest BCUT2D eigenvalue weighted by atomic mass is 10.1. The number of esters is 1. The first kappa shape index (κ1) is 13.9. The van der Waals surface area contributed by atoms with Crippen LogP contribution in [0.1, 0.15) is 11.6 Å². The molecule has 0 heterocycles. The van der Waals surface area contributed by atoms with E-state index >= 15 is 0 Å². The second kappa shape index (κ2) is 6.61. The minimum absolute atomic E-state index is 0.334. The highest BCUT2D eigenvalue weighted by Crippen LogP contribution is 2.23. The molecule has 0 aromatic heterocycles. The van der Waals surface area contributed by atoms with Gasteiger partial charge in [-0.05, 0) is 29.8 Å². The Kier molecular flexibility index (Phi) is 4.60. The van der Waals surface area contributed by atoms with Gasteiger partial charge in [-0.25, -0.2) is 4.79 Å². The zero-order valence-corrected chi connectivity index (χ0v) is 11.5. The second-order valence-corrected chi connectivity index (χ2v) is 4.24. The zero-order chi connectivity index (χ0) is 14.4. The first-order valence-corrected chi connectivity index (χ1v) is 6.28. The second-order valence-electron chi connectivity index (χ2n) is 4.24. The van der Waals surface area contributed by atoms with Crippen LogP contribution in [-0.2, 0) is 9.53 Å². The van der Waals surface area contributed by atoms with E-state index in [4.69, 9.17) is 9.47 Å². The third kappa shape index (κ3) is 3.29. The van der Waals surface area contributed by atoms with Crippen molar-refractivity contribution in [2.75, 3.05) is 19.5 Å². The standard InChI is InChI=1S/C16H17NO3/c1-19-14-10-8-12(9-11-14)15(16(18)20-2)17-13-6-4-3-5-7-13/h3-11,15,17H,1-2H3. The normalized spacial score (nSPS) is 11.5. The first-order valence-electron chi connectivity index (χ1n) is 6.28. The SMILES string of the molecule is COC(=O)C(Nc1ccccc1)c1ccc(OC)cc1. The lowest BCUT2D eigenvalue weighted by molar-refractivity contribution is -0.141. The summed E-state index contributed by atoms with van der Waals surface area (Å²) in [5.41, 5.74) is 1.68. The van der Waals surface area contributed by atoms with Crippen molar-refractivity contribution in [3.63, 3.8) is 0 Å². The molecule has 104 valence electrons. The molecule has 0 aliphatic rings. The summed E-state index contributed by atoms with van der Waals surface area (Å²) >= 11 is 0. The third-order valence-electron chi connectivity index (χ3n) is 2.97. The minimum atomic E-state index is -0.548. The topological polar surface area (TPSA) is 47.6 Å². The van der Waals surface area contributed by atoms with E-state index < -0.39 is 6.04 Å². The predicted octanol–water partition coefficient (Wildman–Crippen LogP) is 3.02. The summed E-state index contributed by atoms with van der Waals surface area (Å²) in [6.45, 7) is 0. The Labute approximate surface area is 118 Å². The van der Waals surface area contributed by atoms with Gasteiger partial charge in [-0.3, -0.25) is 0 Å². The molecule has 0 spiro atoms. The highest BCUT2D eigenvalue weighted by atomic mass is 16.5. The summed E-state index contributed by atoms with van der Waals surface area (Å²) in [5.74, 6) is 0.413. The van der Waals surface area contributed by atoms with Gasteiger partial charge in [0.25, 0.3) is 0 Å². The molecule has 0 bridgehead atoms. The monoisotopic (exact) mass is 271 g/mol. The number of hydrogen-bond donors (Lipinski definition) is 1. The number of benzene rings is 2. The molecule has 2 aromatic rings. The van der Waals surface area contributed by atoms with Gasteiger partial charge >= 0.3 is 5.97 Å². The molecule has 20 heavy (non-hydrogen) atoms. The van der Waals surface area contributed by atoms with Gasteiger partial charge in [0.2, 0.25) is 0 Å². The molecule has 0 aliphatic heterocycles. The largest absolute Gasteiger partial charge is 0.497 e. The minimum Gasteiger partial charge on any atom is -0.497 e. The van der Waals surface area contributed by atoms with Crippen molar-refractivity contribution < 1.29 is 14.3 Å². The van der Waals surface area contributed by atoms with Crippen LogP contribution in [0, 0.1) is 0 Å². The molecular weight excluding hydrogens is 254 g/mol. The number of hydrogen-bond acceptors (Lipinski definition) is 4. The van der Waals surface area contributed by atoms with Crippen molar-refractivity contribution in [3.05, 3.63) is 60.2 Å². The average Bonchev–Trinajstić information content (AvgIpc) is 2.53. The lowest BCUT2D eigenvalue weighted by Gasteiger charge is -2.18. The van der Waals surface area contributed by atoms with Gasteiger partial charge in [-0.2, -0.15) is 0 Å². The number of nitrogens with one attached hydrogen (secondary N) is 1. The van der Waals surface area contributed by atoms with E-state index in [0.29, 0.717) is 0 Å². The molecule has 2 rings (SSSR count). The maximum Gasteiger partial charge on any atom is 0.332 e. The van der Waals surface area contributed by atoms with E-state index in [1.54, 1.807) is 7.11 Å². The first-order chi connectivity index (χ1) is 9.74. The van der Waals surface area contributed by atoms with Crippen LogP contribution in [0.3, 0.4) is 0 Å². The molecule has 4 heteroatoms. The van der Waals surface area contributed by atoms with E-state index in [1.165, 1.54) is 7.11 Å². The summed E-state index contributed by atoms with van der Waals surface area (Å²) in [4.78, 5) is 12.0. The number of carbonyl (C=O) groups excluding carboxylic acids is 1. The molecule has 0 saturated carbocycles. The maximum absolute atomic E-state index is 12.0. The number of carbonyl (C=O) groups is 1. The lowest BCUT2D eigenvalue weighted by Crippen LogP contribution is -2.22. The van der Waals surface area contributed by atoms with Gasteiger partial charge in [-0.1, -0.05) is 30.3 Å². The number of para-hydroxylation sites is 1. The molecule has 0 fully saturated rings. The molecular formula is C16H17NO3. The fourth-order valence-electron chi connectivity index (χ4n) is 1.89. The Morgan fingerprint density at radius 3 is 2.20 bits per heavy atom. The molecule has 0 radical (unpaired) electrons. The molecule has 1 atom stereocenters. The van der Waals surface area contributed by atoms with Crippen molar-refractivity contribution in [1.29, 1.82) is 0 Å². The molecule has 2 aromatic carbocycles. The fraction of sp³-hybridized carbons (Fsp3) is 0.188. The molecule has 0 aliphatic carbocycles. The number of anilines is 1. The Balaban J connectivity index is 2.25. The molecule has 1 unspecified atom stereocenters. The summed E-state index contributed by atoms with van der Waals surface area (Å²) in [6, 6.07) is 16.3. The van der Waals surface area contributed by atoms with Crippen LogP contribution in [0.5, 0.6) is 5.75 Å². The highest BCUT2D eigenvalue weighted by Gasteiger charge is 2.21. The average molecular weight is 271 g/mol. The van der Waals surface area contributed by atoms with Gasteiger partial charge in [0, 0.05) is 5.69 Å². The predicted molar refractivity (Wildman–Crippen MR) is 77.8 cm³/mol. The van der Waals surface area contributed by atoms with Crippen molar-refractivity contribution >= 4 is 11.7 Å². The summed E-state index contributed by atoms with van der Waals surface area (Å²) in [7, 11) is 2.99. The quantitative estimate of drug-likeness (QED) is 0.849. The molecule has 0 saturated heterocycles. The summed E-state index contributed by atoms with van der Waals surface area (Å²) in [5, 5.41) is 3.17. The van der Waals surface area contributed by atoms with Crippen molar-refractivity contribution in [2.45, 2.75) is 6.04 Å². The van der Waals surface area contributed by atoms with Crippen LogP contribution in [0.4, 0.5) is 5.69 Å². The van der Waals surface area contributed by atoms with Crippen LogP contribution in [0.15, 0.2) is 54.6 Å².